The first-order valence-electron chi connectivity index (χ1n) is 8.56. The van der Waals surface area contributed by atoms with E-state index in [4.69, 9.17) is 4.74 Å². The van der Waals surface area contributed by atoms with Gasteiger partial charge in [0.1, 0.15) is 11.4 Å². The number of benzene rings is 1. The zero-order valence-electron chi connectivity index (χ0n) is 15.3. The summed E-state index contributed by atoms with van der Waals surface area (Å²) in [5, 5.41) is 20.2. The van der Waals surface area contributed by atoms with Crippen LogP contribution < -0.4 is 0 Å². The number of ether oxygens (including phenoxy) is 1. The van der Waals surface area contributed by atoms with Gasteiger partial charge < -0.3 is 19.8 Å². The SMILES string of the molecule is CC(C)(C)OC(=O)N1CCN(CC(O)c2ccc(F)c(Br)c2)[C@H](CO)C1. The predicted molar refractivity (Wildman–Crippen MR) is 99.3 cm³/mol. The van der Waals surface area contributed by atoms with Crippen molar-refractivity contribution in [2.24, 2.45) is 0 Å². The van der Waals surface area contributed by atoms with Crippen molar-refractivity contribution in [3.05, 3.63) is 34.1 Å². The molecular weight excluding hydrogens is 407 g/mol. The van der Waals surface area contributed by atoms with Crippen LogP contribution in [0.15, 0.2) is 22.7 Å². The van der Waals surface area contributed by atoms with Gasteiger partial charge in [-0.05, 0) is 54.4 Å². The van der Waals surface area contributed by atoms with E-state index in [2.05, 4.69) is 15.9 Å². The molecule has 1 aliphatic rings. The minimum Gasteiger partial charge on any atom is -0.444 e. The van der Waals surface area contributed by atoms with Crippen molar-refractivity contribution in [1.82, 2.24) is 9.80 Å². The summed E-state index contributed by atoms with van der Waals surface area (Å²) in [6.07, 6.45) is -1.23. The lowest BCUT2D eigenvalue weighted by atomic mass is 10.1. The molecule has 26 heavy (non-hydrogen) atoms. The highest BCUT2D eigenvalue weighted by Crippen LogP contribution is 2.23. The summed E-state index contributed by atoms with van der Waals surface area (Å²) in [7, 11) is 0. The molecule has 0 saturated carbocycles. The van der Waals surface area contributed by atoms with E-state index in [-0.39, 0.29) is 25.0 Å². The third-order valence-corrected chi connectivity index (χ3v) is 4.81. The second-order valence-electron chi connectivity index (χ2n) is 7.45. The standard InChI is InChI=1S/C18H26BrFN2O4/c1-18(2,3)26-17(25)22-7-6-21(13(9-22)11-23)10-16(24)12-4-5-15(20)14(19)8-12/h4-5,8,13,16,23-24H,6-7,9-11H2,1-3H3/t13-,16?/m0/s1. The zero-order chi connectivity index (χ0) is 19.5. The molecule has 146 valence electrons. The molecule has 1 saturated heterocycles. The summed E-state index contributed by atoms with van der Waals surface area (Å²) >= 11 is 3.11. The molecule has 1 heterocycles. The molecule has 1 aliphatic heterocycles. The third kappa shape index (κ3) is 5.64. The Labute approximate surface area is 161 Å². The molecule has 2 atom stereocenters. The van der Waals surface area contributed by atoms with Crippen LogP contribution in [0.5, 0.6) is 0 Å². The van der Waals surface area contributed by atoms with Crippen LogP contribution in [-0.2, 0) is 4.74 Å². The number of aliphatic hydroxyl groups is 2. The fraction of sp³-hybridized carbons (Fsp3) is 0.611. The third-order valence-electron chi connectivity index (χ3n) is 4.20. The van der Waals surface area contributed by atoms with E-state index in [1.165, 1.54) is 12.1 Å². The van der Waals surface area contributed by atoms with Gasteiger partial charge in [-0.15, -0.1) is 0 Å². The van der Waals surface area contributed by atoms with Crippen molar-refractivity contribution >= 4 is 22.0 Å². The summed E-state index contributed by atoms with van der Waals surface area (Å²) in [6, 6.07) is 4.09. The van der Waals surface area contributed by atoms with Crippen LogP contribution in [0.4, 0.5) is 9.18 Å². The van der Waals surface area contributed by atoms with Crippen molar-refractivity contribution in [3.63, 3.8) is 0 Å². The number of hydrogen-bond donors (Lipinski definition) is 2. The Morgan fingerprint density at radius 1 is 1.42 bits per heavy atom. The van der Waals surface area contributed by atoms with Gasteiger partial charge in [0.15, 0.2) is 0 Å². The Hall–Kier alpha value is -1.22. The Bertz CT molecular complexity index is 638. The van der Waals surface area contributed by atoms with E-state index in [9.17, 15) is 19.4 Å². The highest BCUT2D eigenvalue weighted by atomic mass is 79.9. The average Bonchev–Trinajstić information content (AvgIpc) is 2.56. The van der Waals surface area contributed by atoms with Gasteiger partial charge in [-0.25, -0.2) is 9.18 Å². The average molecular weight is 433 g/mol. The first-order chi connectivity index (χ1) is 12.1. The summed E-state index contributed by atoms with van der Waals surface area (Å²) < 4.78 is 19.0. The van der Waals surface area contributed by atoms with Gasteiger partial charge in [-0.1, -0.05) is 6.07 Å². The molecule has 0 bridgehead atoms. The first-order valence-corrected chi connectivity index (χ1v) is 9.36. The Balaban J connectivity index is 1.98. The summed E-state index contributed by atoms with van der Waals surface area (Å²) in [6.45, 7) is 6.84. The predicted octanol–water partition coefficient (Wildman–Crippen LogP) is 2.54. The summed E-state index contributed by atoms with van der Waals surface area (Å²) in [5.74, 6) is -0.389. The Morgan fingerprint density at radius 3 is 2.69 bits per heavy atom. The van der Waals surface area contributed by atoms with Crippen LogP contribution in [0, 0.1) is 5.82 Å². The monoisotopic (exact) mass is 432 g/mol. The lowest BCUT2D eigenvalue weighted by molar-refractivity contribution is -0.0147. The maximum absolute atomic E-state index is 13.4. The number of aliphatic hydroxyl groups excluding tert-OH is 2. The van der Waals surface area contributed by atoms with Gasteiger partial charge in [0.05, 0.1) is 23.2 Å². The molecule has 1 fully saturated rings. The minimum atomic E-state index is -0.825. The number of piperazine rings is 1. The fourth-order valence-electron chi connectivity index (χ4n) is 2.85. The molecule has 2 rings (SSSR count). The number of amides is 1. The van der Waals surface area contributed by atoms with Crippen molar-refractivity contribution in [1.29, 1.82) is 0 Å². The summed E-state index contributed by atoms with van der Waals surface area (Å²) in [5.41, 5.74) is 0.0132. The Morgan fingerprint density at radius 2 is 2.12 bits per heavy atom. The molecule has 1 aromatic carbocycles. The molecule has 0 aromatic heterocycles. The zero-order valence-corrected chi connectivity index (χ0v) is 16.9. The van der Waals surface area contributed by atoms with E-state index < -0.39 is 17.8 Å². The molecule has 0 spiro atoms. The largest absolute Gasteiger partial charge is 0.444 e. The number of carbonyl (C=O) groups is 1. The quantitative estimate of drug-likeness (QED) is 0.764. The lowest BCUT2D eigenvalue weighted by Crippen LogP contribution is -2.57. The fourth-order valence-corrected chi connectivity index (χ4v) is 3.24. The van der Waals surface area contributed by atoms with Gasteiger partial charge in [0.25, 0.3) is 0 Å². The van der Waals surface area contributed by atoms with E-state index in [0.717, 1.165) is 0 Å². The number of rotatable bonds is 4. The topological polar surface area (TPSA) is 73.2 Å². The van der Waals surface area contributed by atoms with Gasteiger partial charge in [-0.2, -0.15) is 0 Å². The number of nitrogens with zero attached hydrogens (tertiary/aromatic N) is 2. The molecule has 0 aliphatic carbocycles. The first kappa shape index (κ1) is 21.1. The van der Waals surface area contributed by atoms with Crippen LogP contribution in [0.1, 0.15) is 32.4 Å². The normalized spacial score (nSPS) is 20.1. The molecular formula is C18H26BrFN2O4. The molecule has 1 aromatic rings. The van der Waals surface area contributed by atoms with Gasteiger partial charge in [0.2, 0.25) is 0 Å². The van der Waals surface area contributed by atoms with Gasteiger partial charge >= 0.3 is 6.09 Å². The van der Waals surface area contributed by atoms with E-state index in [0.29, 0.717) is 29.7 Å². The van der Waals surface area contributed by atoms with E-state index in [1.54, 1.807) is 11.0 Å². The second kappa shape index (κ2) is 8.65. The number of halogens is 2. The van der Waals surface area contributed by atoms with Crippen molar-refractivity contribution in [2.75, 3.05) is 32.8 Å². The molecule has 1 unspecified atom stereocenters. The molecule has 8 heteroatoms. The van der Waals surface area contributed by atoms with E-state index >= 15 is 0 Å². The van der Waals surface area contributed by atoms with Crippen molar-refractivity contribution < 1.29 is 24.1 Å². The minimum absolute atomic E-state index is 0.140. The van der Waals surface area contributed by atoms with Gasteiger partial charge in [-0.3, -0.25) is 4.90 Å². The smallest absolute Gasteiger partial charge is 0.410 e. The Kier molecular flexibility index (Phi) is 7.01. The maximum Gasteiger partial charge on any atom is 0.410 e. The number of hydrogen-bond acceptors (Lipinski definition) is 5. The van der Waals surface area contributed by atoms with Crippen LogP contribution in [0.2, 0.25) is 0 Å². The highest BCUT2D eigenvalue weighted by Gasteiger charge is 2.32. The van der Waals surface area contributed by atoms with Crippen LogP contribution in [-0.4, -0.2) is 70.5 Å². The maximum atomic E-state index is 13.4. The van der Waals surface area contributed by atoms with Crippen LogP contribution in [0.25, 0.3) is 0 Å². The van der Waals surface area contributed by atoms with Crippen molar-refractivity contribution in [3.8, 4) is 0 Å². The van der Waals surface area contributed by atoms with E-state index in [1.807, 2.05) is 25.7 Å². The summed E-state index contributed by atoms with van der Waals surface area (Å²) in [4.78, 5) is 15.7. The van der Waals surface area contributed by atoms with Crippen LogP contribution >= 0.6 is 15.9 Å². The number of β-amino-alcohol motifs (C(OH)–C–C–N with tert-alkyl or cyclic N) is 1. The van der Waals surface area contributed by atoms with Crippen LogP contribution in [0.3, 0.4) is 0 Å². The van der Waals surface area contributed by atoms with Gasteiger partial charge in [0, 0.05) is 26.2 Å². The molecule has 2 N–H and O–H groups in total. The highest BCUT2D eigenvalue weighted by molar-refractivity contribution is 9.10. The molecule has 1 amide bonds. The second-order valence-corrected chi connectivity index (χ2v) is 8.30. The molecule has 0 radical (unpaired) electrons. The van der Waals surface area contributed by atoms with Crippen molar-refractivity contribution in [2.45, 2.75) is 38.5 Å². The lowest BCUT2D eigenvalue weighted by Gasteiger charge is -2.41. The molecule has 6 nitrogen and oxygen atoms in total. The number of carbonyl (C=O) groups excluding carboxylic acids is 1.